The minimum atomic E-state index is -1.03. The molecule has 194 valence electrons. The molecular weight excluding hydrogens is 482 g/mol. The Balaban J connectivity index is 1.23. The Bertz CT molecular complexity index is 1310. The molecule has 1 atom stereocenters. The summed E-state index contributed by atoms with van der Waals surface area (Å²) >= 11 is 0. The molecule has 0 bridgehead atoms. The Morgan fingerprint density at radius 3 is 2.62 bits per heavy atom. The Kier molecular flexibility index (Phi) is 5.92. The molecule has 37 heavy (non-hydrogen) atoms. The van der Waals surface area contributed by atoms with E-state index in [0.717, 1.165) is 4.90 Å². The van der Waals surface area contributed by atoms with Crippen molar-refractivity contribution >= 4 is 35.4 Å². The summed E-state index contributed by atoms with van der Waals surface area (Å²) in [6.07, 6.45) is 1.54. The van der Waals surface area contributed by atoms with E-state index in [1.165, 1.54) is 6.07 Å². The summed E-state index contributed by atoms with van der Waals surface area (Å²) in [7, 11) is 0. The smallest absolute Gasteiger partial charge is 0.410 e. The average Bonchev–Trinajstić information content (AvgIpc) is 3.34. The number of likely N-dealkylation sites (tertiary alicyclic amines) is 1. The number of imide groups is 2. The number of aromatic nitrogens is 3. The fourth-order valence-electron chi connectivity index (χ4n) is 4.52. The number of amides is 5. The first-order valence-electron chi connectivity index (χ1n) is 12.0. The highest BCUT2D eigenvalue weighted by molar-refractivity contribution is 6.25. The Morgan fingerprint density at radius 2 is 1.92 bits per heavy atom. The monoisotopic (exact) mass is 509 g/mol. The zero-order valence-electron chi connectivity index (χ0n) is 20.7. The van der Waals surface area contributed by atoms with Gasteiger partial charge in [0.2, 0.25) is 11.8 Å². The van der Waals surface area contributed by atoms with Crippen LogP contribution in [0.3, 0.4) is 0 Å². The molecule has 2 aromatic rings. The number of carbonyl (C=O) groups excluding carboxylic acids is 5. The van der Waals surface area contributed by atoms with Crippen molar-refractivity contribution in [2.24, 2.45) is 0 Å². The normalized spacial score (nSPS) is 20.0. The van der Waals surface area contributed by atoms with Gasteiger partial charge in [-0.15, -0.1) is 5.10 Å². The molecule has 1 unspecified atom stereocenters. The summed E-state index contributed by atoms with van der Waals surface area (Å²) in [5, 5.41) is 13.6. The minimum Gasteiger partial charge on any atom is -0.444 e. The summed E-state index contributed by atoms with van der Waals surface area (Å²) in [5.74, 6) is -2.23. The average molecular weight is 510 g/mol. The van der Waals surface area contributed by atoms with E-state index < -0.39 is 35.3 Å². The van der Waals surface area contributed by atoms with E-state index in [9.17, 15) is 24.0 Å². The number of nitrogens with one attached hydrogen (secondary N) is 2. The Hall–Kier alpha value is -4.29. The van der Waals surface area contributed by atoms with Crippen LogP contribution in [0.4, 0.5) is 10.5 Å². The lowest BCUT2D eigenvalue weighted by atomic mass is 10.0. The van der Waals surface area contributed by atoms with E-state index in [1.54, 1.807) is 27.9 Å². The number of carbonyl (C=O) groups is 5. The SMILES string of the molecule is CC(C)(C)OC(=O)N1CC(n2cc(CNc3cccc4c3C(=O)N(C3CCC(=O)NC3=O)C4=O)nn2)C1. The highest BCUT2D eigenvalue weighted by atomic mass is 16.6. The topological polar surface area (TPSA) is 156 Å². The van der Waals surface area contributed by atoms with E-state index in [-0.39, 0.29) is 42.6 Å². The van der Waals surface area contributed by atoms with Crippen LogP contribution in [-0.2, 0) is 20.9 Å². The molecule has 0 saturated carbocycles. The predicted octanol–water partition coefficient (Wildman–Crippen LogP) is 1.08. The highest BCUT2D eigenvalue weighted by Crippen LogP contribution is 2.32. The number of nitrogens with zero attached hydrogens (tertiary/aromatic N) is 5. The van der Waals surface area contributed by atoms with Crippen molar-refractivity contribution in [3.63, 3.8) is 0 Å². The number of rotatable bonds is 5. The fourth-order valence-corrected chi connectivity index (χ4v) is 4.52. The third-order valence-corrected chi connectivity index (χ3v) is 6.37. The van der Waals surface area contributed by atoms with Crippen molar-refractivity contribution in [1.82, 2.24) is 30.1 Å². The zero-order chi connectivity index (χ0) is 26.5. The van der Waals surface area contributed by atoms with Gasteiger partial charge in [-0.25, -0.2) is 9.48 Å². The van der Waals surface area contributed by atoms with E-state index in [4.69, 9.17) is 4.74 Å². The second kappa shape index (κ2) is 8.98. The van der Waals surface area contributed by atoms with Crippen LogP contribution in [0.15, 0.2) is 24.4 Å². The van der Waals surface area contributed by atoms with E-state index in [2.05, 4.69) is 20.9 Å². The molecule has 5 rings (SSSR count). The van der Waals surface area contributed by atoms with Crippen LogP contribution in [-0.4, -0.2) is 79.2 Å². The van der Waals surface area contributed by atoms with Crippen molar-refractivity contribution < 1.29 is 28.7 Å². The van der Waals surface area contributed by atoms with Gasteiger partial charge in [0.25, 0.3) is 11.8 Å². The van der Waals surface area contributed by atoms with E-state index >= 15 is 0 Å². The van der Waals surface area contributed by atoms with Gasteiger partial charge < -0.3 is 15.0 Å². The Labute approximate surface area is 212 Å². The van der Waals surface area contributed by atoms with Crippen LogP contribution < -0.4 is 10.6 Å². The fraction of sp³-hybridized carbons (Fsp3) is 0.458. The number of ether oxygens (including phenoxy) is 1. The first-order chi connectivity index (χ1) is 17.5. The molecule has 3 aliphatic heterocycles. The molecule has 0 radical (unpaired) electrons. The third kappa shape index (κ3) is 4.63. The van der Waals surface area contributed by atoms with Crippen molar-refractivity contribution in [1.29, 1.82) is 0 Å². The van der Waals surface area contributed by atoms with Crippen LogP contribution in [0.5, 0.6) is 0 Å². The summed E-state index contributed by atoms with van der Waals surface area (Å²) in [5.41, 5.74) is 0.847. The maximum Gasteiger partial charge on any atom is 0.410 e. The minimum absolute atomic E-state index is 0.0176. The molecule has 0 aliphatic carbocycles. The standard InChI is InChI=1S/C24H27N7O6/c1-24(2,3)37-23(36)29-11-14(12-29)30-10-13(27-28-30)9-25-16-6-4-5-15-19(16)22(35)31(21(15)34)17-7-8-18(32)26-20(17)33/h4-6,10,14,17,25H,7-9,11-12H2,1-3H3,(H,26,32,33). The van der Waals surface area contributed by atoms with Gasteiger partial charge >= 0.3 is 6.09 Å². The summed E-state index contributed by atoms with van der Waals surface area (Å²) in [4.78, 5) is 64.6. The van der Waals surface area contributed by atoms with Gasteiger partial charge in [-0.05, 0) is 39.3 Å². The highest BCUT2D eigenvalue weighted by Gasteiger charge is 2.45. The van der Waals surface area contributed by atoms with Crippen LogP contribution >= 0.6 is 0 Å². The van der Waals surface area contributed by atoms with Gasteiger partial charge in [-0.1, -0.05) is 11.3 Å². The van der Waals surface area contributed by atoms with Gasteiger partial charge in [0.15, 0.2) is 0 Å². The van der Waals surface area contributed by atoms with Crippen molar-refractivity contribution in [2.45, 2.75) is 57.8 Å². The molecule has 5 amide bonds. The summed E-state index contributed by atoms with van der Waals surface area (Å²) in [6, 6.07) is 3.82. The number of fused-ring (bicyclic) bond motifs is 1. The molecule has 1 aromatic heterocycles. The van der Waals surface area contributed by atoms with Crippen molar-refractivity contribution in [2.75, 3.05) is 18.4 Å². The first-order valence-corrected chi connectivity index (χ1v) is 12.0. The van der Waals surface area contributed by atoms with Crippen LogP contribution in [0, 0.1) is 0 Å². The summed E-state index contributed by atoms with van der Waals surface area (Å²) in [6.45, 7) is 6.61. The lowest BCUT2D eigenvalue weighted by molar-refractivity contribution is -0.136. The predicted molar refractivity (Wildman–Crippen MR) is 127 cm³/mol. The van der Waals surface area contributed by atoms with Gasteiger partial charge in [-0.2, -0.15) is 0 Å². The van der Waals surface area contributed by atoms with Gasteiger partial charge in [0.05, 0.1) is 29.9 Å². The molecule has 1 aromatic carbocycles. The van der Waals surface area contributed by atoms with Crippen molar-refractivity contribution in [3.05, 3.63) is 41.2 Å². The van der Waals surface area contributed by atoms with E-state index in [0.29, 0.717) is 24.5 Å². The van der Waals surface area contributed by atoms with Gasteiger partial charge in [0.1, 0.15) is 17.3 Å². The number of hydrogen-bond donors (Lipinski definition) is 2. The zero-order valence-corrected chi connectivity index (χ0v) is 20.7. The molecule has 4 heterocycles. The molecule has 0 spiro atoms. The van der Waals surface area contributed by atoms with Crippen LogP contribution in [0.25, 0.3) is 0 Å². The molecule has 13 heteroatoms. The second-order valence-corrected chi connectivity index (χ2v) is 10.3. The second-order valence-electron chi connectivity index (χ2n) is 10.3. The summed E-state index contributed by atoms with van der Waals surface area (Å²) < 4.78 is 7.06. The number of anilines is 1. The number of piperidine rings is 1. The van der Waals surface area contributed by atoms with Gasteiger partial charge in [0, 0.05) is 25.2 Å². The molecular formula is C24H27N7O6. The third-order valence-electron chi connectivity index (χ3n) is 6.37. The number of hydrogen-bond acceptors (Lipinski definition) is 9. The first kappa shape index (κ1) is 24.4. The Morgan fingerprint density at radius 1 is 1.16 bits per heavy atom. The molecule has 3 aliphatic rings. The quantitative estimate of drug-likeness (QED) is 0.563. The van der Waals surface area contributed by atoms with Crippen molar-refractivity contribution in [3.8, 4) is 0 Å². The lowest BCUT2D eigenvalue weighted by Crippen LogP contribution is -2.54. The molecule has 2 saturated heterocycles. The molecule has 13 nitrogen and oxygen atoms in total. The lowest BCUT2D eigenvalue weighted by Gasteiger charge is -2.39. The van der Waals surface area contributed by atoms with Crippen LogP contribution in [0.2, 0.25) is 0 Å². The molecule has 2 fully saturated rings. The van der Waals surface area contributed by atoms with Gasteiger partial charge in [-0.3, -0.25) is 29.4 Å². The van der Waals surface area contributed by atoms with Crippen LogP contribution in [0.1, 0.15) is 66.1 Å². The maximum atomic E-state index is 13.2. The number of benzene rings is 1. The molecule has 2 N–H and O–H groups in total. The van der Waals surface area contributed by atoms with E-state index in [1.807, 2.05) is 20.8 Å². The largest absolute Gasteiger partial charge is 0.444 e. The maximum absolute atomic E-state index is 13.2.